The van der Waals surface area contributed by atoms with Gasteiger partial charge in [0.05, 0.1) is 26.4 Å². The van der Waals surface area contributed by atoms with Gasteiger partial charge in [-0.1, -0.05) is 12.1 Å². The van der Waals surface area contributed by atoms with Crippen molar-refractivity contribution < 1.29 is 44.5 Å². The lowest BCUT2D eigenvalue weighted by atomic mass is 9.88. The van der Waals surface area contributed by atoms with E-state index >= 15 is 0 Å². The number of fused-ring (bicyclic) bond motifs is 2. The number of rotatable bonds is 4. The number of aliphatic hydroxyl groups excluding tert-OH is 2. The molecule has 5 N–H and O–H groups in total. The molecule has 2 heterocycles. The van der Waals surface area contributed by atoms with Gasteiger partial charge in [-0.25, -0.2) is 0 Å². The van der Waals surface area contributed by atoms with Crippen LogP contribution in [0.15, 0.2) is 42.5 Å². The van der Waals surface area contributed by atoms with Crippen LogP contribution < -0.4 is 18.9 Å². The number of hydrogen-bond acceptors (Lipinski definition) is 9. The maximum atomic E-state index is 11.0. The first-order valence-corrected chi connectivity index (χ1v) is 11.1. The van der Waals surface area contributed by atoms with Gasteiger partial charge in [-0.15, -0.1) is 0 Å². The molecule has 184 valence electrons. The Hall–Kier alpha value is -3.82. The fourth-order valence-corrected chi connectivity index (χ4v) is 4.70. The van der Waals surface area contributed by atoms with Crippen molar-refractivity contribution in [2.75, 3.05) is 14.2 Å². The Bertz CT molecular complexity index is 1230. The predicted molar refractivity (Wildman–Crippen MR) is 124 cm³/mol. The van der Waals surface area contributed by atoms with Crippen LogP contribution in [0.25, 0.3) is 0 Å². The Kier molecular flexibility index (Phi) is 5.74. The molecule has 0 aliphatic carbocycles. The minimum absolute atomic E-state index is 0.0842. The predicted octanol–water partition coefficient (Wildman–Crippen LogP) is 2.89. The standard InChI is InChI=1S/C26H26O9/c1-32-21-7-13(8-22(33-2)24(21)31)26-18(29)10-16-20(35-26)11-19-15(23(16)30)9-17(28)25(34-19)12-3-5-14(27)6-4-12/h3-8,11,17-18,25-31H,9-10H2,1-2H3/t17-,18+,25+,26-/m0/s1. The fraction of sp³-hybridized carbons (Fsp3) is 0.308. The van der Waals surface area contributed by atoms with Crippen LogP contribution in [-0.2, 0) is 12.8 Å². The van der Waals surface area contributed by atoms with E-state index in [1.165, 1.54) is 26.4 Å². The first-order chi connectivity index (χ1) is 16.8. The summed E-state index contributed by atoms with van der Waals surface area (Å²) in [4.78, 5) is 0. The molecule has 0 radical (unpaired) electrons. The average Bonchev–Trinajstić information content (AvgIpc) is 2.85. The normalized spacial score (nSPS) is 22.9. The molecule has 0 bridgehead atoms. The van der Waals surface area contributed by atoms with Crippen molar-refractivity contribution in [1.29, 1.82) is 0 Å². The van der Waals surface area contributed by atoms with Crippen molar-refractivity contribution in [3.05, 3.63) is 64.7 Å². The van der Waals surface area contributed by atoms with E-state index < -0.39 is 24.4 Å². The van der Waals surface area contributed by atoms with Gasteiger partial charge < -0.3 is 44.5 Å². The van der Waals surface area contributed by atoms with E-state index in [4.69, 9.17) is 18.9 Å². The quantitative estimate of drug-likeness (QED) is 0.380. The molecule has 0 fully saturated rings. The Morgan fingerprint density at radius 3 is 1.66 bits per heavy atom. The van der Waals surface area contributed by atoms with E-state index in [0.717, 1.165) is 0 Å². The molecule has 2 aliphatic heterocycles. The second-order valence-corrected chi connectivity index (χ2v) is 8.66. The van der Waals surface area contributed by atoms with Crippen molar-refractivity contribution in [3.63, 3.8) is 0 Å². The van der Waals surface area contributed by atoms with E-state index in [0.29, 0.717) is 33.8 Å². The number of hydrogen-bond donors (Lipinski definition) is 5. The Morgan fingerprint density at radius 1 is 0.686 bits per heavy atom. The molecule has 0 aromatic heterocycles. The molecule has 3 aromatic rings. The van der Waals surface area contributed by atoms with Crippen LogP contribution in [0.3, 0.4) is 0 Å². The molecule has 2 aliphatic rings. The molecule has 5 rings (SSSR count). The maximum Gasteiger partial charge on any atom is 0.200 e. The van der Waals surface area contributed by atoms with Crippen molar-refractivity contribution >= 4 is 0 Å². The number of phenolic OH excluding ortho intramolecular Hbond substituents is 3. The van der Waals surface area contributed by atoms with Crippen LogP contribution in [0.5, 0.6) is 40.2 Å². The van der Waals surface area contributed by atoms with E-state index in [9.17, 15) is 25.5 Å². The van der Waals surface area contributed by atoms with Gasteiger partial charge in [0, 0.05) is 35.6 Å². The van der Waals surface area contributed by atoms with Crippen LogP contribution >= 0.6 is 0 Å². The topological polar surface area (TPSA) is 138 Å². The number of aliphatic hydroxyl groups is 2. The van der Waals surface area contributed by atoms with Gasteiger partial charge >= 0.3 is 0 Å². The van der Waals surface area contributed by atoms with Gasteiger partial charge in [0.25, 0.3) is 0 Å². The van der Waals surface area contributed by atoms with Crippen molar-refractivity contribution in [3.8, 4) is 40.2 Å². The molecule has 9 heteroatoms. The van der Waals surface area contributed by atoms with Crippen molar-refractivity contribution in [1.82, 2.24) is 0 Å². The highest BCUT2D eigenvalue weighted by Crippen LogP contribution is 2.49. The van der Waals surface area contributed by atoms with Crippen LogP contribution in [-0.4, -0.2) is 52.0 Å². The Balaban J connectivity index is 1.51. The summed E-state index contributed by atoms with van der Waals surface area (Å²) in [5.74, 6) is 0.893. The zero-order valence-corrected chi connectivity index (χ0v) is 19.1. The second kappa shape index (κ2) is 8.75. The summed E-state index contributed by atoms with van der Waals surface area (Å²) in [7, 11) is 2.82. The largest absolute Gasteiger partial charge is 0.508 e. The minimum atomic E-state index is -1.01. The first-order valence-electron chi connectivity index (χ1n) is 11.1. The van der Waals surface area contributed by atoms with Crippen LogP contribution in [0.2, 0.25) is 0 Å². The molecular weight excluding hydrogens is 456 g/mol. The minimum Gasteiger partial charge on any atom is -0.508 e. The summed E-state index contributed by atoms with van der Waals surface area (Å²) in [6.45, 7) is 0. The van der Waals surface area contributed by atoms with Gasteiger partial charge in [0.1, 0.15) is 29.1 Å². The summed E-state index contributed by atoms with van der Waals surface area (Å²) in [6.07, 6.45) is -3.21. The third-order valence-electron chi connectivity index (χ3n) is 6.51. The van der Waals surface area contributed by atoms with E-state index in [1.54, 1.807) is 30.3 Å². The van der Waals surface area contributed by atoms with Crippen molar-refractivity contribution in [2.24, 2.45) is 0 Å². The fourth-order valence-electron chi connectivity index (χ4n) is 4.70. The maximum absolute atomic E-state index is 11.0. The molecule has 0 spiro atoms. The number of aromatic hydroxyl groups is 3. The van der Waals surface area contributed by atoms with E-state index in [-0.39, 0.29) is 41.6 Å². The SMILES string of the molecule is COc1cc([C@@H]2Oc3cc4c(c(O)c3C[C@H]2O)C[C@H](O)[C@@H](c2ccc(O)cc2)O4)cc(OC)c1O. The van der Waals surface area contributed by atoms with Crippen LogP contribution in [0.4, 0.5) is 0 Å². The third-order valence-corrected chi connectivity index (χ3v) is 6.51. The summed E-state index contributed by atoms with van der Waals surface area (Å²) in [6, 6.07) is 11.1. The third kappa shape index (κ3) is 3.92. The highest BCUT2D eigenvalue weighted by molar-refractivity contribution is 5.60. The van der Waals surface area contributed by atoms with Gasteiger partial charge in [0.2, 0.25) is 5.75 Å². The molecule has 4 atom stereocenters. The number of benzene rings is 3. The number of ether oxygens (including phenoxy) is 4. The van der Waals surface area contributed by atoms with Crippen LogP contribution in [0, 0.1) is 0 Å². The summed E-state index contributed by atoms with van der Waals surface area (Å²) >= 11 is 0. The smallest absolute Gasteiger partial charge is 0.200 e. The highest BCUT2D eigenvalue weighted by atomic mass is 16.5. The molecule has 3 aromatic carbocycles. The summed E-state index contributed by atoms with van der Waals surface area (Å²) in [5.41, 5.74) is 2.05. The number of phenols is 3. The molecule has 0 saturated heterocycles. The second-order valence-electron chi connectivity index (χ2n) is 8.66. The highest BCUT2D eigenvalue weighted by Gasteiger charge is 2.38. The summed E-state index contributed by atoms with van der Waals surface area (Å²) in [5, 5.41) is 52.4. The van der Waals surface area contributed by atoms with Gasteiger partial charge in [-0.3, -0.25) is 0 Å². The molecule has 0 saturated carbocycles. The van der Waals surface area contributed by atoms with Gasteiger partial charge in [-0.2, -0.15) is 0 Å². The average molecular weight is 482 g/mol. The molecule has 9 nitrogen and oxygen atoms in total. The van der Waals surface area contributed by atoms with E-state index in [2.05, 4.69) is 0 Å². The zero-order valence-electron chi connectivity index (χ0n) is 19.1. The molecular formula is C26H26O9. The Morgan fingerprint density at radius 2 is 1.17 bits per heavy atom. The lowest BCUT2D eigenvalue weighted by Crippen LogP contribution is -2.33. The zero-order chi connectivity index (χ0) is 24.9. The Labute approximate surface area is 201 Å². The van der Waals surface area contributed by atoms with E-state index in [1.807, 2.05) is 0 Å². The van der Waals surface area contributed by atoms with Gasteiger partial charge in [-0.05, 0) is 29.8 Å². The first kappa shape index (κ1) is 22.9. The lowest BCUT2D eigenvalue weighted by Gasteiger charge is -2.36. The van der Waals surface area contributed by atoms with Crippen molar-refractivity contribution in [2.45, 2.75) is 37.3 Å². The molecule has 0 unspecified atom stereocenters. The molecule has 0 amide bonds. The summed E-state index contributed by atoms with van der Waals surface area (Å²) < 4.78 is 22.6. The van der Waals surface area contributed by atoms with Crippen LogP contribution in [0.1, 0.15) is 34.5 Å². The lowest BCUT2D eigenvalue weighted by molar-refractivity contribution is 0.0117. The number of methoxy groups -OCH3 is 2. The monoisotopic (exact) mass is 482 g/mol. The molecule has 35 heavy (non-hydrogen) atoms. The van der Waals surface area contributed by atoms with Gasteiger partial charge in [0.15, 0.2) is 17.6 Å².